The number of amides is 1. The number of aromatic nitrogens is 1. The lowest BCUT2D eigenvalue weighted by molar-refractivity contribution is -0.112. The van der Waals surface area contributed by atoms with Crippen LogP contribution >= 0.6 is 22.9 Å². The first-order chi connectivity index (χ1) is 15.8. The number of anilines is 1. The summed E-state index contributed by atoms with van der Waals surface area (Å²) in [5.41, 5.74) is 3.95. The molecular formula is C25H22ClN3O3S. The fourth-order valence-electron chi connectivity index (χ4n) is 4.23. The lowest BCUT2D eigenvalue weighted by atomic mass is 9.95. The van der Waals surface area contributed by atoms with Gasteiger partial charge >= 0.3 is 5.97 Å². The number of para-hydroxylation sites is 1. The maximum atomic E-state index is 12.7. The molecule has 0 unspecified atom stereocenters. The van der Waals surface area contributed by atoms with Gasteiger partial charge in [-0.1, -0.05) is 23.7 Å². The van der Waals surface area contributed by atoms with Crippen LogP contribution in [0.15, 0.2) is 35.9 Å². The minimum atomic E-state index is -0.925. The summed E-state index contributed by atoms with van der Waals surface area (Å²) in [4.78, 5) is 26.0. The van der Waals surface area contributed by atoms with E-state index >= 15 is 0 Å². The fourth-order valence-corrected chi connectivity index (χ4v) is 5.91. The van der Waals surface area contributed by atoms with E-state index in [1.54, 1.807) is 24.3 Å². The highest BCUT2D eigenvalue weighted by atomic mass is 35.5. The van der Waals surface area contributed by atoms with Gasteiger partial charge in [-0.3, -0.25) is 4.79 Å². The number of halogens is 1. The van der Waals surface area contributed by atoms with Crippen molar-refractivity contribution >= 4 is 46.6 Å². The molecule has 0 saturated heterocycles. The van der Waals surface area contributed by atoms with Crippen molar-refractivity contribution in [2.75, 3.05) is 5.32 Å². The molecule has 168 valence electrons. The maximum Gasteiger partial charge on any atom is 0.339 e. The molecule has 0 bridgehead atoms. The highest BCUT2D eigenvalue weighted by Gasteiger charge is 2.27. The topological polar surface area (TPSA) is 95.1 Å². The average Bonchev–Trinajstić information content (AvgIpc) is 3.29. The normalized spacial score (nSPS) is 13.3. The van der Waals surface area contributed by atoms with Crippen LogP contribution in [0, 0.1) is 25.2 Å². The van der Waals surface area contributed by atoms with Crippen molar-refractivity contribution in [3.63, 3.8) is 0 Å². The van der Waals surface area contributed by atoms with E-state index in [1.807, 2.05) is 30.6 Å². The number of benzene rings is 1. The van der Waals surface area contributed by atoms with Gasteiger partial charge < -0.3 is 15.0 Å². The molecule has 8 heteroatoms. The molecule has 0 atom stereocenters. The van der Waals surface area contributed by atoms with Crippen LogP contribution in [0.3, 0.4) is 0 Å². The number of hydrogen-bond donors (Lipinski definition) is 2. The third-order valence-electron chi connectivity index (χ3n) is 5.83. The molecule has 1 aromatic carbocycles. The van der Waals surface area contributed by atoms with Gasteiger partial charge in [-0.2, -0.15) is 5.26 Å². The number of aryl methyl sites for hydroxylation is 2. The van der Waals surface area contributed by atoms with Gasteiger partial charge in [0.15, 0.2) is 0 Å². The number of carbonyl (C=O) groups is 2. The molecule has 0 saturated carbocycles. The zero-order valence-corrected chi connectivity index (χ0v) is 19.8. The average molecular weight is 480 g/mol. The number of fused-ring (bicyclic) bond motifs is 1. The Morgan fingerprint density at radius 2 is 1.97 bits per heavy atom. The zero-order valence-electron chi connectivity index (χ0n) is 18.2. The van der Waals surface area contributed by atoms with Gasteiger partial charge in [0.2, 0.25) is 0 Å². The van der Waals surface area contributed by atoms with Gasteiger partial charge in [0.25, 0.3) is 5.91 Å². The molecule has 2 aromatic heterocycles. The Hall–Kier alpha value is -3.34. The second-order valence-electron chi connectivity index (χ2n) is 7.96. The van der Waals surface area contributed by atoms with E-state index in [4.69, 9.17) is 11.6 Å². The monoisotopic (exact) mass is 479 g/mol. The summed E-state index contributed by atoms with van der Waals surface area (Å²) >= 11 is 7.63. The van der Waals surface area contributed by atoms with E-state index in [-0.39, 0.29) is 5.57 Å². The predicted octanol–water partition coefficient (Wildman–Crippen LogP) is 5.93. The number of nitriles is 1. The molecule has 1 aliphatic rings. The van der Waals surface area contributed by atoms with Crippen LogP contribution in [-0.4, -0.2) is 21.6 Å². The van der Waals surface area contributed by atoms with E-state index in [0.717, 1.165) is 47.5 Å². The SMILES string of the molecule is Cc1cc(C=C(C#N)C(=O)Nc2ccccc2Cl)c(C)n1-c1sc2c(c1C(=O)O)CCCC2. The number of carbonyl (C=O) groups excluding carboxylic acids is 1. The second-order valence-corrected chi connectivity index (χ2v) is 9.45. The van der Waals surface area contributed by atoms with Gasteiger partial charge in [0.1, 0.15) is 16.6 Å². The summed E-state index contributed by atoms with van der Waals surface area (Å²) in [7, 11) is 0. The predicted molar refractivity (Wildman–Crippen MR) is 130 cm³/mol. The molecule has 3 aromatic rings. The van der Waals surface area contributed by atoms with Gasteiger partial charge in [-0.25, -0.2) is 4.79 Å². The molecule has 33 heavy (non-hydrogen) atoms. The van der Waals surface area contributed by atoms with Gasteiger partial charge in [-0.15, -0.1) is 11.3 Å². The smallest absolute Gasteiger partial charge is 0.339 e. The highest BCUT2D eigenvalue weighted by molar-refractivity contribution is 7.15. The van der Waals surface area contributed by atoms with Crippen LogP contribution in [0.2, 0.25) is 5.02 Å². The summed E-state index contributed by atoms with van der Waals surface area (Å²) in [6.45, 7) is 3.76. The molecule has 0 aliphatic heterocycles. The van der Waals surface area contributed by atoms with Gasteiger partial charge in [-0.05, 0) is 74.9 Å². The van der Waals surface area contributed by atoms with Crippen LogP contribution in [0.1, 0.15) is 50.6 Å². The van der Waals surface area contributed by atoms with Crippen LogP contribution in [0.25, 0.3) is 11.1 Å². The number of nitrogens with one attached hydrogen (secondary N) is 1. The summed E-state index contributed by atoms with van der Waals surface area (Å²) < 4.78 is 1.92. The first-order valence-electron chi connectivity index (χ1n) is 10.6. The first-order valence-corrected chi connectivity index (χ1v) is 11.8. The molecule has 1 aliphatic carbocycles. The minimum absolute atomic E-state index is 0.0703. The van der Waals surface area contributed by atoms with E-state index < -0.39 is 11.9 Å². The standard InChI is InChI=1S/C25H22ClN3O3S/c1-14-11-16(12-17(13-27)23(30)28-20-9-5-4-8-19(20)26)15(2)29(14)24-22(25(31)32)18-7-3-6-10-21(18)33-24/h4-5,8-9,11-12H,3,6-7,10H2,1-2H3,(H,28,30)(H,31,32). The van der Waals surface area contributed by atoms with E-state index in [1.165, 1.54) is 17.4 Å². The number of carboxylic acid groups (broad SMARTS) is 1. The molecule has 2 heterocycles. The molecule has 2 N–H and O–H groups in total. The van der Waals surface area contributed by atoms with Crippen molar-refractivity contribution < 1.29 is 14.7 Å². The Balaban J connectivity index is 1.74. The second kappa shape index (κ2) is 9.26. The van der Waals surface area contributed by atoms with Crippen LogP contribution in [-0.2, 0) is 17.6 Å². The molecule has 4 rings (SSSR count). The van der Waals surface area contributed by atoms with E-state index in [9.17, 15) is 20.0 Å². The van der Waals surface area contributed by atoms with Crippen LogP contribution in [0.4, 0.5) is 5.69 Å². The molecule has 1 amide bonds. The summed E-state index contributed by atoms with van der Waals surface area (Å²) in [6.07, 6.45) is 5.26. The number of carboxylic acids is 1. The number of rotatable bonds is 5. The lowest BCUT2D eigenvalue weighted by Gasteiger charge is -2.11. The Bertz CT molecular complexity index is 1340. The first kappa shape index (κ1) is 22.8. The Kier molecular flexibility index (Phi) is 6.41. The summed E-state index contributed by atoms with van der Waals surface area (Å²) in [5.74, 6) is -1.49. The van der Waals surface area contributed by atoms with Crippen molar-refractivity contribution in [3.8, 4) is 11.1 Å². The van der Waals surface area contributed by atoms with Gasteiger partial charge in [0, 0.05) is 16.3 Å². The molecule has 0 radical (unpaired) electrons. The molecule has 0 fully saturated rings. The lowest BCUT2D eigenvalue weighted by Crippen LogP contribution is -2.13. The van der Waals surface area contributed by atoms with E-state index in [2.05, 4.69) is 5.32 Å². The number of thiophene rings is 1. The van der Waals surface area contributed by atoms with Crippen LogP contribution < -0.4 is 5.32 Å². The molecular weight excluding hydrogens is 458 g/mol. The van der Waals surface area contributed by atoms with Crippen molar-refractivity contribution in [3.05, 3.63) is 73.9 Å². The quantitative estimate of drug-likeness (QED) is 0.350. The molecule has 0 spiro atoms. The zero-order chi connectivity index (χ0) is 23.7. The highest BCUT2D eigenvalue weighted by Crippen LogP contribution is 2.39. The van der Waals surface area contributed by atoms with Crippen molar-refractivity contribution in [1.82, 2.24) is 4.57 Å². The Morgan fingerprint density at radius 1 is 1.24 bits per heavy atom. The summed E-state index contributed by atoms with van der Waals surface area (Å²) in [6, 6.07) is 10.6. The molecule has 6 nitrogen and oxygen atoms in total. The fraction of sp³-hybridized carbons (Fsp3) is 0.240. The number of hydrogen-bond acceptors (Lipinski definition) is 4. The van der Waals surface area contributed by atoms with Crippen molar-refractivity contribution in [1.29, 1.82) is 5.26 Å². The van der Waals surface area contributed by atoms with Crippen LogP contribution in [0.5, 0.6) is 0 Å². The largest absolute Gasteiger partial charge is 0.478 e. The van der Waals surface area contributed by atoms with Gasteiger partial charge in [0.05, 0.1) is 16.3 Å². The Morgan fingerprint density at radius 3 is 2.67 bits per heavy atom. The van der Waals surface area contributed by atoms with E-state index in [0.29, 0.717) is 26.8 Å². The number of aromatic carboxylic acids is 1. The maximum absolute atomic E-state index is 12.7. The summed E-state index contributed by atoms with van der Waals surface area (Å²) in [5, 5.41) is 23.3. The van der Waals surface area contributed by atoms with Crippen molar-refractivity contribution in [2.24, 2.45) is 0 Å². The third-order valence-corrected chi connectivity index (χ3v) is 7.43. The minimum Gasteiger partial charge on any atom is -0.478 e. The Labute approximate surface area is 200 Å². The van der Waals surface area contributed by atoms with Crippen molar-refractivity contribution in [2.45, 2.75) is 39.5 Å². The number of nitrogens with zero attached hydrogens (tertiary/aromatic N) is 2. The third kappa shape index (κ3) is 4.32.